The van der Waals surface area contributed by atoms with Crippen LogP contribution in [0.25, 0.3) is 0 Å². The van der Waals surface area contributed by atoms with Crippen molar-refractivity contribution < 1.29 is 26.9 Å². The van der Waals surface area contributed by atoms with Gasteiger partial charge in [-0.25, -0.2) is 4.39 Å². The van der Waals surface area contributed by atoms with E-state index in [1.54, 1.807) is 27.7 Å². The highest BCUT2D eigenvalue weighted by molar-refractivity contribution is 6.47. The van der Waals surface area contributed by atoms with E-state index in [1.807, 2.05) is 0 Å². The maximum Gasteiger partial charge on any atom is 0.480 e. The van der Waals surface area contributed by atoms with Crippen LogP contribution >= 0.6 is 0 Å². The molecule has 1 aliphatic rings. The second kappa shape index (κ2) is 5.21. The summed E-state index contributed by atoms with van der Waals surface area (Å²) in [5.41, 5.74) is 3.25. The fourth-order valence-electron chi connectivity index (χ4n) is 2.16. The quantitative estimate of drug-likeness (QED) is 0.670. The second-order valence-corrected chi connectivity index (χ2v) is 6.38. The van der Waals surface area contributed by atoms with E-state index in [2.05, 4.69) is 0 Å². The van der Waals surface area contributed by atoms with E-state index in [4.69, 9.17) is 15.0 Å². The van der Waals surface area contributed by atoms with E-state index in [9.17, 15) is 17.6 Å². The summed E-state index contributed by atoms with van der Waals surface area (Å²) in [6, 6.07) is 2.13. The zero-order valence-electron chi connectivity index (χ0n) is 12.8. The van der Waals surface area contributed by atoms with Gasteiger partial charge < -0.3 is 15.0 Å². The smallest absolute Gasteiger partial charge is 0.402 e. The van der Waals surface area contributed by atoms with Gasteiger partial charge in [0.1, 0.15) is 5.82 Å². The maximum absolute atomic E-state index is 13.9. The lowest BCUT2D eigenvalue weighted by Crippen LogP contribution is -2.41. The summed E-state index contributed by atoms with van der Waals surface area (Å²) < 4.78 is 63.5. The largest absolute Gasteiger partial charge is 0.480 e. The molecule has 0 spiro atoms. The fourth-order valence-corrected chi connectivity index (χ4v) is 2.16. The molecule has 8 heteroatoms. The highest BCUT2D eigenvalue weighted by atomic mass is 19.4. The van der Waals surface area contributed by atoms with Crippen molar-refractivity contribution in [3.05, 3.63) is 35.1 Å². The Morgan fingerprint density at radius 3 is 2.05 bits per heavy atom. The SMILES string of the molecule is CC1(C)OB([C@@H](N)c2cc(C(F)(F)F)ccc2F)OC1(C)C. The molecule has 0 aliphatic carbocycles. The van der Waals surface area contributed by atoms with Crippen molar-refractivity contribution >= 4 is 7.12 Å². The Morgan fingerprint density at radius 2 is 1.59 bits per heavy atom. The lowest BCUT2D eigenvalue weighted by Gasteiger charge is -2.32. The molecule has 122 valence electrons. The first-order valence-electron chi connectivity index (χ1n) is 6.83. The highest BCUT2D eigenvalue weighted by Gasteiger charge is 2.53. The maximum atomic E-state index is 13.9. The number of rotatable bonds is 2. The molecule has 0 bridgehead atoms. The highest BCUT2D eigenvalue weighted by Crippen LogP contribution is 2.40. The molecular weight excluding hydrogens is 301 g/mol. The Hall–Kier alpha value is -1.12. The van der Waals surface area contributed by atoms with E-state index in [0.717, 1.165) is 6.07 Å². The van der Waals surface area contributed by atoms with Gasteiger partial charge in [0.05, 0.1) is 22.7 Å². The van der Waals surface area contributed by atoms with Crippen molar-refractivity contribution in [2.24, 2.45) is 5.73 Å². The average Bonchev–Trinajstić information content (AvgIpc) is 2.56. The van der Waals surface area contributed by atoms with Crippen LogP contribution in [0.5, 0.6) is 0 Å². The lowest BCUT2D eigenvalue weighted by molar-refractivity contribution is -0.137. The summed E-state index contributed by atoms with van der Waals surface area (Å²) in [6.45, 7) is 7.12. The Kier molecular flexibility index (Phi) is 4.09. The van der Waals surface area contributed by atoms with Gasteiger partial charge in [-0.3, -0.25) is 0 Å². The molecule has 2 N–H and O–H groups in total. The predicted octanol–water partition coefficient (Wildman–Crippen LogP) is 3.48. The van der Waals surface area contributed by atoms with Gasteiger partial charge in [0.2, 0.25) is 0 Å². The normalized spacial score (nSPS) is 22.0. The Balaban J connectivity index is 2.33. The van der Waals surface area contributed by atoms with Gasteiger partial charge in [-0.15, -0.1) is 0 Å². The van der Waals surface area contributed by atoms with Crippen LogP contribution in [0.1, 0.15) is 44.8 Å². The molecule has 0 unspecified atom stereocenters. The minimum atomic E-state index is -4.57. The first-order chi connectivity index (χ1) is 9.85. The molecule has 2 rings (SSSR count). The third-order valence-electron chi connectivity index (χ3n) is 4.25. The van der Waals surface area contributed by atoms with Crippen molar-refractivity contribution in [3.63, 3.8) is 0 Å². The molecule has 1 aliphatic heterocycles. The van der Waals surface area contributed by atoms with Gasteiger partial charge >= 0.3 is 13.3 Å². The molecule has 0 amide bonds. The third kappa shape index (κ3) is 3.00. The minimum absolute atomic E-state index is 0.284. The first-order valence-corrected chi connectivity index (χ1v) is 6.83. The zero-order valence-corrected chi connectivity index (χ0v) is 12.8. The molecule has 22 heavy (non-hydrogen) atoms. The van der Waals surface area contributed by atoms with Gasteiger partial charge in [-0.1, -0.05) is 0 Å². The summed E-state index contributed by atoms with van der Waals surface area (Å²) in [6.07, 6.45) is -4.57. The van der Waals surface area contributed by atoms with Crippen LogP contribution in [0, 0.1) is 5.82 Å². The van der Waals surface area contributed by atoms with Crippen LogP contribution < -0.4 is 5.73 Å². The summed E-state index contributed by atoms with van der Waals surface area (Å²) >= 11 is 0. The standard InChI is InChI=1S/C14H18BF4NO2/c1-12(2)13(3,4)22-15(21-12)11(20)9-7-8(14(17,18)19)5-6-10(9)16/h5-7,11H,20H2,1-4H3/t11-/m0/s1. The van der Waals surface area contributed by atoms with Crippen LogP contribution in [0.15, 0.2) is 18.2 Å². The van der Waals surface area contributed by atoms with Crippen molar-refractivity contribution in [1.82, 2.24) is 0 Å². The Morgan fingerprint density at radius 1 is 1.09 bits per heavy atom. The molecule has 0 aromatic heterocycles. The molecule has 0 saturated carbocycles. The van der Waals surface area contributed by atoms with Gasteiger partial charge in [-0.2, -0.15) is 13.2 Å². The molecule has 1 heterocycles. The number of benzene rings is 1. The molecule has 0 radical (unpaired) electrons. The molecule has 1 fully saturated rings. The third-order valence-corrected chi connectivity index (χ3v) is 4.25. The number of halogens is 4. The Bertz CT molecular complexity index is 558. The second-order valence-electron chi connectivity index (χ2n) is 6.38. The van der Waals surface area contributed by atoms with Gasteiger partial charge in [0.25, 0.3) is 0 Å². The topological polar surface area (TPSA) is 44.5 Å². The van der Waals surface area contributed by atoms with E-state index in [-0.39, 0.29) is 5.56 Å². The van der Waals surface area contributed by atoms with E-state index < -0.39 is 41.8 Å². The van der Waals surface area contributed by atoms with Gasteiger partial charge in [-0.05, 0) is 45.9 Å². The van der Waals surface area contributed by atoms with Gasteiger partial charge in [0.15, 0.2) is 0 Å². The molecular formula is C14H18BF4NO2. The molecule has 1 aromatic rings. The van der Waals surface area contributed by atoms with E-state index in [1.165, 1.54) is 0 Å². The predicted molar refractivity (Wildman–Crippen MR) is 74.4 cm³/mol. The number of nitrogens with two attached hydrogens (primary N) is 1. The van der Waals surface area contributed by atoms with Crippen LogP contribution in [-0.4, -0.2) is 18.3 Å². The summed E-state index contributed by atoms with van der Waals surface area (Å²) in [7, 11) is -1.03. The summed E-state index contributed by atoms with van der Waals surface area (Å²) in [5.74, 6) is -1.99. The average molecular weight is 319 g/mol. The first kappa shape index (κ1) is 17.2. The van der Waals surface area contributed by atoms with Crippen molar-refractivity contribution in [3.8, 4) is 0 Å². The lowest BCUT2D eigenvalue weighted by atomic mass is 9.74. The van der Waals surface area contributed by atoms with Crippen molar-refractivity contribution in [2.75, 3.05) is 0 Å². The van der Waals surface area contributed by atoms with E-state index in [0.29, 0.717) is 12.1 Å². The van der Waals surface area contributed by atoms with Crippen LogP contribution in [0.4, 0.5) is 17.6 Å². The fraction of sp³-hybridized carbons (Fsp3) is 0.571. The van der Waals surface area contributed by atoms with Crippen LogP contribution in [0.2, 0.25) is 0 Å². The molecule has 3 nitrogen and oxygen atoms in total. The van der Waals surface area contributed by atoms with Gasteiger partial charge in [0, 0.05) is 5.56 Å². The molecule has 1 saturated heterocycles. The van der Waals surface area contributed by atoms with Crippen molar-refractivity contribution in [1.29, 1.82) is 0 Å². The number of alkyl halides is 3. The molecule has 1 aromatic carbocycles. The zero-order chi connectivity index (χ0) is 16.9. The summed E-state index contributed by atoms with van der Waals surface area (Å²) in [4.78, 5) is 0. The van der Waals surface area contributed by atoms with E-state index >= 15 is 0 Å². The Labute approximate surface area is 126 Å². The van der Waals surface area contributed by atoms with Crippen LogP contribution in [0.3, 0.4) is 0 Å². The van der Waals surface area contributed by atoms with Crippen molar-refractivity contribution in [2.45, 2.75) is 51.0 Å². The summed E-state index contributed by atoms with van der Waals surface area (Å²) in [5, 5.41) is 0. The monoisotopic (exact) mass is 319 g/mol. The van der Waals surface area contributed by atoms with Crippen LogP contribution in [-0.2, 0) is 15.5 Å². The number of hydrogen-bond donors (Lipinski definition) is 1. The minimum Gasteiger partial charge on any atom is -0.402 e. The number of hydrogen-bond acceptors (Lipinski definition) is 3. The molecule has 1 atom stereocenters.